The normalized spacial score (nSPS) is 19.9. The Kier molecular flexibility index (Phi) is 4.98. The maximum Gasteiger partial charge on any atom is 0.407 e. The zero-order valence-corrected chi connectivity index (χ0v) is 13.2. The van der Waals surface area contributed by atoms with Gasteiger partial charge in [0, 0.05) is 12.1 Å². The summed E-state index contributed by atoms with van der Waals surface area (Å²) in [5.74, 6) is 1.87. The van der Waals surface area contributed by atoms with E-state index in [-0.39, 0.29) is 12.1 Å². The van der Waals surface area contributed by atoms with Gasteiger partial charge in [-0.25, -0.2) is 4.79 Å². The van der Waals surface area contributed by atoms with Crippen molar-refractivity contribution in [2.45, 2.75) is 45.0 Å². The average Bonchev–Trinajstić information content (AvgIpc) is 2.94. The van der Waals surface area contributed by atoms with Gasteiger partial charge in [0.2, 0.25) is 0 Å². The lowest BCUT2D eigenvalue weighted by Gasteiger charge is -2.35. The minimum absolute atomic E-state index is 0.189. The molecule has 1 fully saturated rings. The molecule has 5 nitrogen and oxygen atoms in total. The van der Waals surface area contributed by atoms with Crippen molar-refractivity contribution in [3.05, 3.63) is 59.5 Å². The molecular formula is C18H22N2O3. The highest BCUT2D eigenvalue weighted by Gasteiger charge is 2.30. The third-order valence-electron chi connectivity index (χ3n) is 4.03. The van der Waals surface area contributed by atoms with E-state index in [4.69, 9.17) is 9.15 Å². The number of ether oxygens (including phenoxy) is 1. The smallest absolute Gasteiger partial charge is 0.407 e. The fourth-order valence-electron chi connectivity index (χ4n) is 2.66. The Balaban J connectivity index is 1.30. The first kappa shape index (κ1) is 15.6. The van der Waals surface area contributed by atoms with E-state index in [1.165, 1.54) is 0 Å². The van der Waals surface area contributed by atoms with Crippen LogP contribution in [0.2, 0.25) is 0 Å². The molecule has 1 aliphatic carbocycles. The van der Waals surface area contributed by atoms with Crippen molar-refractivity contribution in [1.82, 2.24) is 10.6 Å². The van der Waals surface area contributed by atoms with Crippen LogP contribution in [0.4, 0.5) is 4.79 Å². The number of hydrogen-bond donors (Lipinski definition) is 2. The summed E-state index contributed by atoms with van der Waals surface area (Å²) in [4.78, 5) is 11.7. The Bertz CT molecular complexity index is 633. The Hall–Kier alpha value is -2.27. The van der Waals surface area contributed by atoms with Crippen molar-refractivity contribution in [2.24, 2.45) is 0 Å². The van der Waals surface area contributed by atoms with Crippen molar-refractivity contribution in [2.75, 3.05) is 0 Å². The first-order chi connectivity index (χ1) is 11.2. The molecule has 122 valence electrons. The number of alkyl carbamates (subject to hydrolysis) is 1. The molecule has 2 N–H and O–H groups in total. The second-order valence-electron chi connectivity index (χ2n) is 5.96. The number of benzene rings is 1. The fourth-order valence-corrected chi connectivity index (χ4v) is 2.66. The van der Waals surface area contributed by atoms with Gasteiger partial charge < -0.3 is 19.8 Å². The molecule has 1 aliphatic rings. The predicted octanol–water partition coefficient (Wildman–Crippen LogP) is 3.14. The Morgan fingerprint density at radius 2 is 1.96 bits per heavy atom. The van der Waals surface area contributed by atoms with Gasteiger partial charge in [0.25, 0.3) is 0 Å². The van der Waals surface area contributed by atoms with E-state index in [1.807, 2.05) is 49.4 Å². The highest BCUT2D eigenvalue weighted by molar-refractivity contribution is 5.67. The standard InChI is InChI=1S/C18H22N2O3/c1-13-7-8-17(23-13)11-19-15-9-16(10-15)20-18(21)22-12-14-5-3-2-4-6-14/h2-8,15-16,19H,9-12H2,1H3,(H,20,21). The molecule has 0 bridgehead atoms. The monoisotopic (exact) mass is 314 g/mol. The summed E-state index contributed by atoms with van der Waals surface area (Å²) in [6.07, 6.45) is 1.49. The zero-order chi connectivity index (χ0) is 16.1. The maximum atomic E-state index is 11.7. The highest BCUT2D eigenvalue weighted by Crippen LogP contribution is 2.21. The molecule has 0 spiro atoms. The molecule has 0 radical (unpaired) electrons. The minimum atomic E-state index is -0.348. The van der Waals surface area contributed by atoms with Crippen LogP contribution >= 0.6 is 0 Å². The lowest BCUT2D eigenvalue weighted by molar-refractivity contribution is 0.125. The van der Waals surface area contributed by atoms with Crippen LogP contribution in [0.5, 0.6) is 0 Å². The summed E-state index contributed by atoms with van der Waals surface area (Å²) in [5.41, 5.74) is 0.990. The number of hydrogen-bond acceptors (Lipinski definition) is 4. The van der Waals surface area contributed by atoms with Gasteiger partial charge in [-0.15, -0.1) is 0 Å². The molecule has 3 rings (SSSR count). The summed E-state index contributed by atoms with van der Waals surface area (Å²) in [5, 5.41) is 6.32. The van der Waals surface area contributed by atoms with E-state index in [2.05, 4.69) is 10.6 Å². The molecule has 1 heterocycles. The second kappa shape index (κ2) is 7.33. The number of amides is 1. The lowest BCUT2D eigenvalue weighted by Crippen LogP contribution is -2.52. The van der Waals surface area contributed by atoms with E-state index in [1.54, 1.807) is 0 Å². The molecular weight excluding hydrogens is 292 g/mol. The molecule has 1 amide bonds. The molecule has 0 atom stereocenters. The summed E-state index contributed by atoms with van der Waals surface area (Å²) < 4.78 is 10.7. The third-order valence-corrected chi connectivity index (χ3v) is 4.03. The SMILES string of the molecule is Cc1ccc(CNC2CC(NC(=O)OCc3ccccc3)C2)o1. The zero-order valence-electron chi connectivity index (χ0n) is 13.2. The molecule has 23 heavy (non-hydrogen) atoms. The number of carbonyl (C=O) groups is 1. The van der Waals surface area contributed by atoms with Crippen LogP contribution in [0, 0.1) is 6.92 Å². The Morgan fingerprint density at radius 1 is 1.17 bits per heavy atom. The Morgan fingerprint density at radius 3 is 2.65 bits per heavy atom. The topological polar surface area (TPSA) is 63.5 Å². The predicted molar refractivity (Wildman–Crippen MR) is 86.9 cm³/mol. The van der Waals surface area contributed by atoms with Crippen molar-refractivity contribution in [1.29, 1.82) is 0 Å². The fraction of sp³-hybridized carbons (Fsp3) is 0.389. The summed E-state index contributed by atoms with van der Waals surface area (Å²) in [6, 6.07) is 14.2. The van der Waals surface area contributed by atoms with Crippen LogP contribution in [0.1, 0.15) is 29.9 Å². The number of carbonyl (C=O) groups excluding carboxylic acids is 1. The summed E-state index contributed by atoms with van der Waals surface area (Å²) in [7, 11) is 0. The van der Waals surface area contributed by atoms with Gasteiger partial charge in [-0.2, -0.15) is 0 Å². The minimum Gasteiger partial charge on any atom is -0.465 e. The Labute approximate surface area is 136 Å². The van der Waals surface area contributed by atoms with Gasteiger partial charge in [0.15, 0.2) is 0 Å². The van der Waals surface area contributed by atoms with Crippen LogP contribution in [0.25, 0.3) is 0 Å². The van der Waals surface area contributed by atoms with Gasteiger partial charge in [0.1, 0.15) is 18.1 Å². The molecule has 0 saturated heterocycles. The number of aryl methyl sites for hydroxylation is 1. The van der Waals surface area contributed by atoms with E-state index in [0.717, 1.165) is 36.5 Å². The molecule has 5 heteroatoms. The molecule has 1 aromatic heterocycles. The van der Waals surface area contributed by atoms with Crippen LogP contribution in [0.3, 0.4) is 0 Å². The summed E-state index contributed by atoms with van der Waals surface area (Å²) in [6.45, 7) is 2.97. The number of furan rings is 1. The molecule has 1 saturated carbocycles. The largest absolute Gasteiger partial charge is 0.465 e. The van der Waals surface area contributed by atoms with Gasteiger partial charge in [0.05, 0.1) is 6.54 Å². The lowest BCUT2D eigenvalue weighted by atomic mass is 9.87. The maximum absolute atomic E-state index is 11.7. The van der Waals surface area contributed by atoms with Crippen molar-refractivity contribution < 1.29 is 13.9 Å². The first-order valence-electron chi connectivity index (χ1n) is 7.95. The van der Waals surface area contributed by atoms with Gasteiger partial charge in [-0.05, 0) is 37.5 Å². The van der Waals surface area contributed by atoms with E-state index >= 15 is 0 Å². The molecule has 0 unspecified atom stereocenters. The molecule has 1 aromatic carbocycles. The first-order valence-corrected chi connectivity index (χ1v) is 7.95. The van der Waals surface area contributed by atoms with Gasteiger partial charge in [-0.3, -0.25) is 0 Å². The van der Waals surface area contributed by atoms with Crippen molar-refractivity contribution in [3.8, 4) is 0 Å². The van der Waals surface area contributed by atoms with Crippen molar-refractivity contribution >= 4 is 6.09 Å². The average molecular weight is 314 g/mol. The third kappa shape index (κ3) is 4.60. The second-order valence-corrected chi connectivity index (χ2v) is 5.96. The molecule has 2 aromatic rings. The summed E-state index contributed by atoms with van der Waals surface area (Å²) >= 11 is 0. The van der Waals surface area contributed by atoms with Crippen LogP contribution in [0.15, 0.2) is 46.9 Å². The van der Waals surface area contributed by atoms with E-state index in [0.29, 0.717) is 12.6 Å². The van der Waals surface area contributed by atoms with E-state index in [9.17, 15) is 4.79 Å². The van der Waals surface area contributed by atoms with Crippen molar-refractivity contribution in [3.63, 3.8) is 0 Å². The van der Waals surface area contributed by atoms with Crippen LogP contribution in [-0.2, 0) is 17.9 Å². The van der Waals surface area contributed by atoms with Gasteiger partial charge >= 0.3 is 6.09 Å². The van der Waals surface area contributed by atoms with E-state index < -0.39 is 0 Å². The van der Waals surface area contributed by atoms with Crippen LogP contribution in [-0.4, -0.2) is 18.2 Å². The van der Waals surface area contributed by atoms with Crippen LogP contribution < -0.4 is 10.6 Å². The van der Waals surface area contributed by atoms with Gasteiger partial charge in [-0.1, -0.05) is 30.3 Å². The highest BCUT2D eigenvalue weighted by atomic mass is 16.5. The number of rotatable bonds is 6. The quantitative estimate of drug-likeness (QED) is 0.860. The molecule has 0 aliphatic heterocycles. The number of nitrogens with one attached hydrogen (secondary N) is 2.